The van der Waals surface area contributed by atoms with Crippen molar-refractivity contribution in [3.8, 4) is 28.6 Å². The first-order valence-corrected chi connectivity index (χ1v) is 15.0. The number of nitrogens with zero attached hydrogens (tertiary/aromatic N) is 5. The van der Waals surface area contributed by atoms with E-state index < -0.39 is 24.9 Å². The first kappa shape index (κ1) is 32.7. The number of amidine groups is 1. The normalized spacial score (nSPS) is 15.7. The zero-order chi connectivity index (χ0) is 33.0. The molecule has 2 amide bonds. The number of amides is 2. The number of benzene rings is 3. The Morgan fingerprint density at radius 2 is 1.72 bits per heavy atom. The summed E-state index contributed by atoms with van der Waals surface area (Å²) in [7, 11) is 1.59. The summed E-state index contributed by atoms with van der Waals surface area (Å²) in [6, 6.07) is 15.3. The summed E-state index contributed by atoms with van der Waals surface area (Å²) in [5.41, 5.74) is 2.74. The molecule has 1 fully saturated rings. The fourth-order valence-corrected chi connectivity index (χ4v) is 5.65. The van der Waals surface area contributed by atoms with Crippen LogP contribution < -0.4 is 19.7 Å². The molecule has 1 aliphatic rings. The van der Waals surface area contributed by atoms with E-state index in [1.54, 1.807) is 7.11 Å². The number of rotatable bonds is 9. The first-order chi connectivity index (χ1) is 21.9. The summed E-state index contributed by atoms with van der Waals surface area (Å²) in [4.78, 5) is 22.7. The highest BCUT2D eigenvalue weighted by Crippen LogP contribution is 2.35. The van der Waals surface area contributed by atoms with Gasteiger partial charge in [0.1, 0.15) is 17.8 Å². The summed E-state index contributed by atoms with van der Waals surface area (Å²) < 4.78 is 77.7. The number of methoxy groups -OCH3 is 1. The van der Waals surface area contributed by atoms with E-state index in [1.807, 2.05) is 42.3 Å². The Hall–Kier alpha value is -4.66. The number of thioether (sulfide) groups is 1. The number of halogens is 5. The molecule has 15 heteroatoms. The van der Waals surface area contributed by atoms with Gasteiger partial charge in [-0.15, -0.1) is 18.3 Å². The number of carbonyl (C=O) groups is 1. The van der Waals surface area contributed by atoms with Crippen LogP contribution in [0.5, 0.6) is 11.5 Å². The SMILES string of the molecule is COc1ccc(N2CCS/C2=N\C(=O)NC(F)C(F)c2ccc(-c3ncn(-c4ccc(OC(F)(F)F)cc4)n3)cc2)c(C(C)C)c1. The van der Waals surface area contributed by atoms with Crippen molar-refractivity contribution in [2.75, 3.05) is 24.3 Å². The molecule has 0 radical (unpaired) electrons. The molecular weight excluding hydrogens is 631 g/mol. The summed E-state index contributed by atoms with van der Waals surface area (Å²) in [5.74, 6) is 1.40. The summed E-state index contributed by atoms with van der Waals surface area (Å²) in [6.45, 7) is 4.67. The van der Waals surface area contributed by atoms with E-state index in [0.29, 0.717) is 34.5 Å². The van der Waals surface area contributed by atoms with Gasteiger partial charge in [0.15, 0.2) is 17.2 Å². The summed E-state index contributed by atoms with van der Waals surface area (Å²) in [5, 5.41) is 6.67. The van der Waals surface area contributed by atoms with Crippen LogP contribution in [-0.2, 0) is 0 Å². The van der Waals surface area contributed by atoms with Crippen molar-refractivity contribution in [1.82, 2.24) is 20.1 Å². The van der Waals surface area contributed by atoms with Gasteiger partial charge in [-0.2, -0.15) is 4.99 Å². The van der Waals surface area contributed by atoms with Gasteiger partial charge in [-0.25, -0.2) is 23.2 Å². The fraction of sp³-hybridized carbons (Fsp3) is 0.290. The fourth-order valence-electron chi connectivity index (χ4n) is 4.70. The van der Waals surface area contributed by atoms with Gasteiger partial charge in [-0.1, -0.05) is 49.9 Å². The van der Waals surface area contributed by atoms with Gasteiger partial charge in [0.25, 0.3) is 0 Å². The Bertz CT molecular complexity index is 1700. The molecule has 2 unspecified atom stereocenters. The number of carbonyl (C=O) groups excluding carboxylic acids is 1. The number of nitrogens with one attached hydrogen (secondary N) is 1. The molecule has 1 aliphatic heterocycles. The van der Waals surface area contributed by atoms with Crippen LogP contribution in [-0.4, -0.2) is 58.0 Å². The number of hydrogen-bond acceptors (Lipinski definition) is 6. The topological polar surface area (TPSA) is 93.9 Å². The third-order valence-corrected chi connectivity index (χ3v) is 7.91. The smallest absolute Gasteiger partial charge is 0.497 e. The Morgan fingerprint density at radius 1 is 1.02 bits per heavy atom. The van der Waals surface area contributed by atoms with Gasteiger partial charge < -0.3 is 19.7 Å². The lowest BCUT2D eigenvalue weighted by Gasteiger charge is -2.23. The van der Waals surface area contributed by atoms with Crippen molar-refractivity contribution in [2.24, 2.45) is 4.99 Å². The Kier molecular flexibility index (Phi) is 9.79. The molecule has 0 saturated carbocycles. The predicted molar refractivity (Wildman–Crippen MR) is 165 cm³/mol. The van der Waals surface area contributed by atoms with Gasteiger partial charge in [0, 0.05) is 23.5 Å². The third kappa shape index (κ3) is 7.76. The van der Waals surface area contributed by atoms with Crippen molar-refractivity contribution in [1.29, 1.82) is 0 Å². The molecule has 0 aliphatic carbocycles. The molecule has 2 heterocycles. The lowest BCUT2D eigenvalue weighted by atomic mass is 10.00. The maximum Gasteiger partial charge on any atom is 0.573 e. The van der Waals surface area contributed by atoms with Crippen molar-refractivity contribution in [3.05, 3.63) is 84.2 Å². The molecule has 1 N–H and O–H groups in total. The van der Waals surface area contributed by atoms with E-state index in [1.165, 1.54) is 59.2 Å². The third-order valence-electron chi connectivity index (χ3n) is 6.95. The molecule has 5 rings (SSSR count). The average Bonchev–Trinajstić information content (AvgIpc) is 3.70. The van der Waals surface area contributed by atoms with Crippen LogP contribution >= 0.6 is 11.8 Å². The van der Waals surface area contributed by atoms with E-state index in [-0.39, 0.29) is 23.1 Å². The van der Waals surface area contributed by atoms with E-state index in [2.05, 4.69) is 19.8 Å². The molecule has 4 aromatic rings. The molecule has 9 nitrogen and oxygen atoms in total. The van der Waals surface area contributed by atoms with Gasteiger partial charge in [-0.05, 0) is 59.5 Å². The molecule has 242 valence electrons. The van der Waals surface area contributed by atoms with E-state index >= 15 is 4.39 Å². The van der Waals surface area contributed by atoms with Crippen LogP contribution in [0, 0.1) is 0 Å². The number of aromatic nitrogens is 3. The van der Waals surface area contributed by atoms with Gasteiger partial charge >= 0.3 is 12.4 Å². The molecule has 1 saturated heterocycles. The highest BCUT2D eigenvalue weighted by molar-refractivity contribution is 8.14. The zero-order valence-corrected chi connectivity index (χ0v) is 25.6. The second-order valence-corrected chi connectivity index (χ2v) is 11.5. The number of anilines is 1. The Morgan fingerprint density at radius 3 is 2.37 bits per heavy atom. The van der Waals surface area contributed by atoms with E-state index in [4.69, 9.17) is 4.74 Å². The van der Waals surface area contributed by atoms with Crippen molar-refractivity contribution in [3.63, 3.8) is 0 Å². The Balaban J connectivity index is 1.22. The molecule has 2 atom stereocenters. The summed E-state index contributed by atoms with van der Waals surface area (Å²) in [6.07, 6.45) is -7.99. The molecular formula is C31H29F5N6O3S. The highest BCUT2D eigenvalue weighted by Gasteiger charge is 2.31. The van der Waals surface area contributed by atoms with Crippen molar-refractivity contribution < 1.29 is 36.2 Å². The quantitative estimate of drug-likeness (QED) is 0.146. The van der Waals surface area contributed by atoms with Crippen molar-refractivity contribution in [2.45, 2.75) is 38.6 Å². The standard InChI is InChI=1S/C31H29F5N6O3S/c1-18(2)24-16-23(44-3)12-13-25(24)41-14-15-46-30(41)39-29(43)38-27(33)26(32)19-4-6-20(7-5-19)28-37-17-42(40-28)21-8-10-22(11-9-21)45-31(34,35)36/h4-13,16-18,26-27H,14-15H2,1-3H3,(H,38,43)/b39-30-. The number of alkyl halides is 5. The second kappa shape index (κ2) is 13.8. The lowest BCUT2D eigenvalue weighted by molar-refractivity contribution is -0.274. The predicted octanol–water partition coefficient (Wildman–Crippen LogP) is 7.59. The average molecular weight is 661 g/mol. The van der Waals surface area contributed by atoms with Gasteiger partial charge in [0.05, 0.1) is 12.8 Å². The minimum absolute atomic E-state index is 0.0273. The molecule has 0 spiro atoms. The van der Waals surface area contributed by atoms with Crippen LogP contribution in [0.25, 0.3) is 17.1 Å². The zero-order valence-electron chi connectivity index (χ0n) is 24.8. The Labute approximate surface area is 265 Å². The van der Waals surface area contributed by atoms with Crippen molar-refractivity contribution >= 4 is 28.6 Å². The maximum absolute atomic E-state index is 15.1. The molecule has 3 aromatic carbocycles. The molecule has 1 aromatic heterocycles. The second-order valence-electron chi connectivity index (χ2n) is 10.4. The highest BCUT2D eigenvalue weighted by atomic mass is 32.2. The summed E-state index contributed by atoms with van der Waals surface area (Å²) >= 11 is 1.35. The number of aliphatic imine (C=N–C) groups is 1. The van der Waals surface area contributed by atoms with Gasteiger partial charge in [0.2, 0.25) is 6.30 Å². The van der Waals surface area contributed by atoms with Crippen LogP contribution in [0.4, 0.5) is 32.4 Å². The number of hydrogen-bond donors (Lipinski definition) is 1. The van der Waals surface area contributed by atoms with Crippen LogP contribution in [0.15, 0.2) is 78.0 Å². The molecule has 46 heavy (non-hydrogen) atoms. The number of ether oxygens (including phenoxy) is 2. The van der Waals surface area contributed by atoms with E-state index in [0.717, 1.165) is 23.4 Å². The largest absolute Gasteiger partial charge is 0.573 e. The van der Waals surface area contributed by atoms with Gasteiger partial charge in [-0.3, -0.25) is 0 Å². The van der Waals surface area contributed by atoms with Crippen LogP contribution in [0.3, 0.4) is 0 Å². The van der Waals surface area contributed by atoms with E-state index in [9.17, 15) is 22.4 Å². The first-order valence-electron chi connectivity index (χ1n) is 14.1. The molecule has 0 bridgehead atoms. The maximum atomic E-state index is 15.1. The monoisotopic (exact) mass is 660 g/mol. The minimum atomic E-state index is -4.80. The van der Waals surface area contributed by atoms with Crippen LogP contribution in [0.2, 0.25) is 0 Å². The lowest BCUT2D eigenvalue weighted by Crippen LogP contribution is -2.34. The minimum Gasteiger partial charge on any atom is -0.497 e. The van der Waals surface area contributed by atoms with Crippen LogP contribution in [0.1, 0.15) is 37.1 Å². The number of urea groups is 1.